The van der Waals surface area contributed by atoms with Gasteiger partial charge in [0.1, 0.15) is 0 Å². The van der Waals surface area contributed by atoms with E-state index in [2.05, 4.69) is 51.8 Å². The number of nitrogens with zero attached hydrogens (tertiary/aromatic N) is 1. The zero-order valence-corrected chi connectivity index (χ0v) is 15.4. The molecule has 0 fully saturated rings. The van der Waals surface area contributed by atoms with Crippen LogP contribution in [0.4, 0.5) is 0 Å². The van der Waals surface area contributed by atoms with Crippen molar-refractivity contribution < 1.29 is 5.11 Å². The molecule has 0 aromatic rings. The molecule has 0 aliphatic heterocycles. The van der Waals surface area contributed by atoms with Crippen molar-refractivity contribution in [1.82, 2.24) is 10.2 Å². The maximum Gasteiger partial charge on any atom is 0.0558 e. The molecule has 3 heteroatoms. The van der Waals surface area contributed by atoms with Crippen LogP contribution in [0.3, 0.4) is 0 Å². The fraction of sp³-hybridized carbons (Fsp3) is 1.00. The fourth-order valence-corrected chi connectivity index (χ4v) is 3.16. The summed E-state index contributed by atoms with van der Waals surface area (Å²) in [6.45, 7) is 18.0. The molecule has 0 bridgehead atoms. The van der Waals surface area contributed by atoms with Crippen LogP contribution < -0.4 is 5.32 Å². The summed E-state index contributed by atoms with van der Waals surface area (Å²) in [4.78, 5) is 2.52. The first-order valence-electron chi connectivity index (χ1n) is 9.04. The van der Waals surface area contributed by atoms with Crippen molar-refractivity contribution in [1.29, 1.82) is 0 Å². The molecule has 128 valence electrons. The van der Waals surface area contributed by atoms with Gasteiger partial charge >= 0.3 is 0 Å². The zero-order chi connectivity index (χ0) is 16.3. The highest BCUT2D eigenvalue weighted by atomic mass is 16.3. The lowest BCUT2D eigenvalue weighted by Gasteiger charge is -2.41. The topological polar surface area (TPSA) is 35.5 Å². The highest BCUT2D eigenvalue weighted by Crippen LogP contribution is 2.28. The van der Waals surface area contributed by atoms with Crippen LogP contribution in [-0.2, 0) is 0 Å². The van der Waals surface area contributed by atoms with Crippen molar-refractivity contribution in [2.24, 2.45) is 11.3 Å². The molecule has 0 amide bonds. The Labute approximate surface area is 133 Å². The van der Waals surface area contributed by atoms with E-state index in [9.17, 15) is 5.11 Å². The van der Waals surface area contributed by atoms with E-state index in [1.54, 1.807) is 0 Å². The molecule has 3 nitrogen and oxygen atoms in total. The van der Waals surface area contributed by atoms with E-state index in [1.807, 2.05) is 0 Å². The summed E-state index contributed by atoms with van der Waals surface area (Å²) in [5.74, 6) is 0.698. The summed E-state index contributed by atoms with van der Waals surface area (Å²) < 4.78 is 0. The maximum atomic E-state index is 9.41. The van der Waals surface area contributed by atoms with E-state index < -0.39 is 0 Å². The van der Waals surface area contributed by atoms with Gasteiger partial charge in [-0.1, -0.05) is 41.5 Å². The van der Waals surface area contributed by atoms with Crippen LogP contribution in [-0.4, -0.2) is 48.8 Å². The third-order valence-electron chi connectivity index (χ3n) is 4.94. The Morgan fingerprint density at radius 1 is 1.05 bits per heavy atom. The van der Waals surface area contributed by atoms with Crippen LogP contribution in [0.2, 0.25) is 0 Å². The molecule has 0 rings (SSSR count). The van der Waals surface area contributed by atoms with Crippen LogP contribution in [0.15, 0.2) is 0 Å². The predicted octanol–water partition coefficient (Wildman–Crippen LogP) is 3.52. The average Bonchev–Trinajstić information content (AvgIpc) is 2.47. The molecule has 0 aromatic heterocycles. The van der Waals surface area contributed by atoms with Gasteiger partial charge in [-0.15, -0.1) is 0 Å². The van der Waals surface area contributed by atoms with Gasteiger partial charge in [-0.3, -0.25) is 4.90 Å². The molecule has 0 radical (unpaired) electrons. The lowest BCUT2D eigenvalue weighted by molar-refractivity contribution is 0.0754. The molecule has 21 heavy (non-hydrogen) atoms. The fourth-order valence-electron chi connectivity index (χ4n) is 3.16. The Kier molecular flexibility index (Phi) is 11.4. The SMILES string of the molecule is CCC(CC)N(CCO)CC(CC)(CC)CNCC(C)C. The molecule has 0 heterocycles. The Bertz CT molecular complexity index is 235. The molecular formula is C18H40N2O. The summed E-state index contributed by atoms with van der Waals surface area (Å²) >= 11 is 0. The van der Waals surface area contributed by atoms with Crippen LogP contribution in [0.25, 0.3) is 0 Å². The molecule has 0 unspecified atom stereocenters. The lowest BCUT2D eigenvalue weighted by Crippen LogP contribution is -2.48. The van der Waals surface area contributed by atoms with Crippen molar-refractivity contribution in [3.05, 3.63) is 0 Å². The smallest absolute Gasteiger partial charge is 0.0558 e. The van der Waals surface area contributed by atoms with Crippen molar-refractivity contribution in [2.45, 2.75) is 73.3 Å². The monoisotopic (exact) mass is 300 g/mol. The normalized spacial score (nSPS) is 12.9. The van der Waals surface area contributed by atoms with Crippen molar-refractivity contribution >= 4 is 0 Å². The molecule has 0 saturated heterocycles. The van der Waals surface area contributed by atoms with Gasteiger partial charge in [-0.05, 0) is 43.6 Å². The molecule has 0 saturated carbocycles. The second-order valence-electron chi connectivity index (χ2n) is 6.90. The van der Waals surface area contributed by atoms with Crippen LogP contribution in [0.1, 0.15) is 67.2 Å². The zero-order valence-electron chi connectivity index (χ0n) is 15.4. The molecule has 0 aliphatic carbocycles. The van der Waals surface area contributed by atoms with E-state index in [0.717, 1.165) is 26.2 Å². The Morgan fingerprint density at radius 3 is 2.00 bits per heavy atom. The van der Waals surface area contributed by atoms with E-state index in [0.29, 0.717) is 17.4 Å². The molecular weight excluding hydrogens is 260 g/mol. The summed E-state index contributed by atoms with van der Waals surface area (Å²) in [7, 11) is 0. The first-order valence-corrected chi connectivity index (χ1v) is 9.04. The number of hydrogen-bond acceptors (Lipinski definition) is 3. The summed E-state index contributed by atoms with van der Waals surface area (Å²) in [6, 6.07) is 0.597. The largest absolute Gasteiger partial charge is 0.395 e. The molecule has 0 aromatic carbocycles. The van der Waals surface area contributed by atoms with Crippen molar-refractivity contribution in [2.75, 3.05) is 32.8 Å². The highest BCUT2D eigenvalue weighted by Gasteiger charge is 2.30. The first kappa shape index (κ1) is 20.9. The number of aliphatic hydroxyl groups excluding tert-OH is 1. The third-order valence-corrected chi connectivity index (χ3v) is 4.94. The average molecular weight is 301 g/mol. The highest BCUT2D eigenvalue weighted by molar-refractivity contribution is 4.85. The van der Waals surface area contributed by atoms with Crippen LogP contribution >= 0.6 is 0 Å². The van der Waals surface area contributed by atoms with Gasteiger partial charge in [-0.2, -0.15) is 0 Å². The minimum absolute atomic E-state index is 0.263. The van der Waals surface area contributed by atoms with E-state index in [4.69, 9.17) is 0 Å². The minimum atomic E-state index is 0.263. The van der Waals surface area contributed by atoms with Gasteiger partial charge < -0.3 is 10.4 Å². The van der Waals surface area contributed by atoms with Gasteiger partial charge in [0.2, 0.25) is 0 Å². The number of hydrogen-bond donors (Lipinski definition) is 2. The Balaban J connectivity index is 4.80. The predicted molar refractivity (Wildman–Crippen MR) is 93.8 cm³/mol. The third kappa shape index (κ3) is 7.62. The summed E-state index contributed by atoms with van der Waals surface area (Å²) in [6.07, 6.45) is 4.71. The molecule has 0 spiro atoms. The van der Waals surface area contributed by atoms with Gasteiger partial charge in [0.15, 0.2) is 0 Å². The van der Waals surface area contributed by atoms with Crippen LogP contribution in [0, 0.1) is 11.3 Å². The summed E-state index contributed by atoms with van der Waals surface area (Å²) in [5, 5.41) is 13.1. The van der Waals surface area contributed by atoms with Gasteiger partial charge in [0, 0.05) is 25.7 Å². The van der Waals surface area contributed by atoms with Gasteiger partial charge in [-0.25, -0.2) is 0 Å². The quantitative estimate of drug-likeness (QED) is 0.546. The number of aliphatic hydroxyl groups is 1. The lowest BCUT2D eigenvalue weighted by atomic mass is 9.81. The van der Waals surface area contributed by atoms with Crippen molar-refractivity contribution in [3.8, 4) is 0 Å². The Morgan fingerprint density at radius 2 is 1.62 bits per heavy atom. The standard InChI is InChI=1S/C18H40N2O/c1-7-17(8-2)20(11-12-21)15-18(9-3,10-4)14-19-13-16(5)6/h16-17,19,21H,7-15H2,1-6H3. The molecule has 2 N–H and O–H groups in total. The van der Waals surface area contributed by atoms with Gasteiger partial charge in [0.05, 0.1) is 6.61 Å². The van der Waals surface area contributed by atoms with Crippen molar-refractivity contribution in [3.63, 3.8) is 0 Å². The Hall–Kier alpha value is -0.120. The minimum Gasteiger partial charge on any atom is -0.395 e. The number of rotatable bonds is 13. The molecule has 0 atom stereocenters. The van der Waals surface area contributed by atoms with E-state index in [-0.39, 0.29) is 6.61 Å². The van der Waals surface area contributed by atoms with Crippen LogP contribution in [0.5, 0.6) is 0 Å². The first-order chi connectivity index (χ1) is 9.98. The van der Waals surface area contributed by atoms with E-state index >= 15 is 0 Å². The second-order valence-corrected chi connectivity index (χ2v) is 6.90. The second kappa shape index (κ2) is 11.4. The van der Waals surface area contributed by atoms with E-state index in [1.165, 1.54) is 25.7 Å². The number of nitrogens with one attached hydrogen (secondary N) is 1. The molecule has 0 aliphatic rings. The van der Waals surface area contributed by atoms with Gasteiger partial charge in [0.25, 0.3) is 0 Å². The maximum absolute atomic E-state index is 9.41. The summed E-state index contributed by atoms with van der Waals surface area (Å²) in [5.41, 5.74) is 0.326.